The summed E-state index contributed by atoms with van der Waals surface area (Å²) >= 11 is 1.34. The van der Waals surface area contributed by atoms with Crippen LogP contribution < -0.4 is 31.7 Å². The van der Waals surface area contributed by atoms with Crippen LogP contribution in [0.15, 0.2) is 42.5 Å². The Bertz CT molecular complexity index is 3580. The van der Waals surface area contributed by atoms with Gasteiger partial charge in [0, 0.05) is 114 Å². The van der Waals surface area contributed by atoms with Crippen LogP contribution in [-0.4, -0.2) is 241 Å². The number of nitrogens with one attached hydrogen (secondary N) is 4. The van der Waals surface area contributed by atoms with Crippen LogP contribution in [0.5, 0.6) is 17.2 Å². The molecule has 2 unspecified atom stereocenters. The number of urea groups is 1. The van der Waals surface area contributed by atoms with Gasteiger partial charge in [0.15, 0.2) is 31.2 Å². The SMILES string of the molecule is COc1cccc2c1C(=O)c1c(O)c3c(c(O)c1C2=O)C[C@@](O)(C(=O)COC(=O)N(C)CCN(C)C(=O)OCc1ccc(NC(=O)[C@H](CCCNC(N)=O)NC(=O)[C@@H](NC(=O)CCCCCN2C(=O)CC(SC)C2=O)C(C)C)cc1)C[C@@H]3O[C@H]1CC2[C@H](O[C@@H]3[C@@H](OC)OCCN23)[C@H](C)O1. The maximum atomic E-state index is 14.3. The predicted molar refractivity (Wildman–Crippen MR) is 351 cm³/mol. The first-order chi connectivity index (χ1) is 47.2. The number of nitrogens with zero attached hydrogens (tertiary/aromatic N) is 4. The molecule has 4 aliphatic heterocycles. The summed E-state index contributed by atoms with van der Waals surface area (Å²) in [6.07, 6.45) is -3.94. The highest BCUT2D eigenvalue weighted by Crippen LogP contribution is 2.53. The lowest BCUT2D eigenvalue weighted by Crippen LogP contribution is -2.55. The quantitative estimate of drug-likeness (QED) is 0.0220. The second-order valence-corrected chi connectivity index (χ2v) is 26.7. The number of fused-ring (bicyclic) bond motifs is 6. The van der Waals surface area contributed by atoms with Crippen molar-refractivity contribution in [3.8, 4) is 17.2 Å². The van der Waals surface area contributed by atoms with E-state index in [0.717, 1.165) is 4.90 Å². The maximum absolute atomic E-state index is 14.3. The highest BCUT2D eigenvalue weighted by Gasteiger charge is 2.56. The zero-order valence-electron chi connectivity index (χ0n) is 56.5. The van der Waals surface area contributed by atoms with E-state index in [-0.39, 0.29) is 122 Å². The molecule has 99 heavy (non-hydrogen) atoms. The summed E-state index contributed by atoms with van der Waals surface area (Å²) in [7, 11) is 5.58. The number of anilines is 1. The number of unbranched alkanes of at least 4 members (excludes halogenated alkanes) is 2. The number of rotatable bonds is 29. The number of aliphatic hydroxyl groups is 1. The number of Topliss-reactive ketones (excluding diaryl/α,β-unsaturated/α-hetero) is 1. The number of methoxy groups -OCH3 is 2. The zero-order valence-corrected chi connectivity index (χ0v) is 57.3. The van der Waals surface area contributed by atoms with E-state index >= 15 is 0 Å². The molecule has 3 aromatic rings. The van der Waals surface area contributed by atoms with Gasteiger partial charge in [-0.05, 0) is 68.5 Å². The number of ether oxygens (including phenoxy) is 8. The third-order valence-electron chi connectivity index (χ3n) is 18.6. The Morgan fingerprint density at radius 2 is 1.57 bits per heavy atom. The second-order valence-electron chi connectivity index (χ2n) is 25.7. The van der Waals surface area contributed by atoms with E-state index in [0.29, 0.717) is 43.7 Å². The van der Waals surface area contributed by atoms with E-state index < -0.39 is 150 Å². The fourth-order valence-corrected chi connectivity index (χ4v) is 13.8. The van der Waals surface area contributed by atoms with Gasteiger partial charge < -0.3 is 90.0 Å². The Labute approximate surface area is 575 Å². The first-order valence-corrected chi connectivity index (χ1v) is 34.1. The lowest BCUT2D eigenvalue weighted by molar-refractivity contribution is -0.256. The third kappa shape index (κ3) is 16.9. The molecule has 4 fully saturated rings. The van der Waals surface area contributed by atoms with Crippen molar-refractivity contribution < 1.29 is 106 Å². The molecule has 0 radical (unpaired) electrons. The number of carbonyl (C=O) groups is 11. The summed E-state index contributed by atoms with van der Waals surface area (Å²) < 4.78 is 46.9. The van der Waals surface area contributed by atoms with E-state index in [1.165, 1.54) is 68.1 Å². The molecule has 0 aromatic heterocycles. The number of aromatic hydroxyl groups is 2. The summed E-state index contributed by atoms with van der Waals surface area (Å²) in [4.78, 5) is 152. The molecule has 0 spiro atoms. The van der Waals surface area contributed by atoms with Crippen molar-refractivity contribution in [1.82, 2.24) is 35.6 Å². The molecule has 4 saturated heterocycles. The average molecular weight is 1400 g/mol. The number of phenols is 2. The first-order valence-electron chi connectivity index (χ1n) is 32.8. The van der Waals surface area contributed by atoms with Gasteiger partial charge in [0.2, 0.25) is 41.1 Å². The number of amides is 9. The molecular weight excluding hydrogens is 1310 g/mol. The average Bonchev–Trinajstić information content (AvgIpc) is 1.24. The van der Waals surface area contributed by atoms with Gasteiger partial charge in [-0.2, -0.15) is 11.8 Å². The first kappa shape index (κ1) is 74.7. The summed E-state index contributed by atoms with van der Waals surface area (Å²) in [6.45, 7) is 5.03. The minimum absolute atomic E-state index is 0.0444. The third-order valence-corrected chi connectivity index (χ3v) is 19.6. The van der Waals surface area contributed by atoms with E-state index in [1.807, 2.05) is 0 Å². The molecule has 3 aromatic carbocycles. The Balaban J connectivity index is 0.768. The Morgan fingerprint density at radius 3 is 2.23 bits per heavy atom. The molecule has 4 heterocycles. The monoisotopic (exact) mass is 1400 g/mol. The normalized spacial score (nSPS) is 23.7. The summed E-state index contributed by atoms with van der Waals surface area (Å²) in [5.41, 5.74) is 1.79. The van der Waals surface area contributed by atoms with Crippen LogP contribution in [0.4, 0.5) is 20.1 Å². The minimum atomic E-state index is -2.49. The number of imide groups is 1. The Hall–Kier alpha value is -8.50. The highest BCUT2D eigenvalue weighted by atomic mass is 32.2. The van der Waals surface area contributed by atoms with Crippen molar-refractivity contribution in [3.63, 3.8) is 0 Å². The standard InChI is InChI=1S/C67H87N9O22S/c1-34(2)53(72-46(78)17-10-9-11-23-76-47(79)29-44(99-8)61(76)86)60(85)71-40(15-13-22-69-64(68)87)59(84)70-37-20-18-36(19-21-37)32-94-65(88)73(4)24-25-74(5)66(89)95-33-45(77)67(90)30-39-50(57(83)52-51(55(39)81)54(80)38-14-12-16-42(91-6)49(38)56(52)82)43(31-67)97-48-28-41-58(35(3)96-48)98-62-63(92-7)93-27-26-75(41)62/h12,14,16,18-21,34-35,40-41,43-44,48,53,58,62-63,81,83,90H,9-11,13,15,17,22-33H2,1-8H3,(H,70,84)(H,71,85)(H,72,78)(H3,68,69,87)/t35-,40-,41?,43-,44?,48-,53-,58+,62+,63-,67-/m0/s1. The molecule has 11 atom stereocenters. The summed E-state index contributed by atoms with van der Waals surface area (Å²) in [5, 5.41) is 47.1. The topological polar surface area (TPSA) is 409 Å². The minimum Gasteiger partial charge on any atom is -0.507 e. The summed E-state index contributed by atoms with van der Waals surface area (Å²) in [5.74, 6) is -6.58. The second kappa shape index (κ2) is 32.7. The van der Waals surface area contributed by atoms with Crippen LogP contribution in [0.3, 0.4) is 0 Å². The van der Waals surface area contributed by atoms with Gasteiger partial charge in [-0.1, -0.05) is 44.5 Å². The Kier molecular flexibility index (Phi) is 24.7. The van der Waals surface area contributed by atoms with E-state index in [2.05, 4.69) is 26.2 Å². The lowest BCUT2D eigenvalue weighted by atomic mass is 9.72. The highest BCUT2D eigenvalue weighted by molar-refractivity contribution is 8.00. The Morgan fingerprint density at radius 1 is 0.859 bits per heavy atom. The van der Waals surface area contributed by atoms with Gasteiger partial charge in [0.25, 0.3) is 0 Å². The predicted octanol–water partition coefficient (Wildman–Crippen LogP) is 3.12. The number of hydrogen-bond acceptors (Lipinski definition) is 24. The number of phenolic OH excluding ortho intramolecular Hbond substituents is 2. The molecule has 538 valence electrons. The molecule has 31 nitrogen and oxygen atoms in total. The number of morpholine rings is 1. The van der Waals surface area contributed by atoms with Crippen LogP contribution in [-0.2, 0) is 75.0 Å². The van der Waals surface area contributed by atoms with Crippen LogP contribution in [0.25, 0.3) is 0 Å². The van der Waals surface area contributed by atoms with Gasteiger partial charge >= 0.3 is 18.2 Å². The van der Waals surface area contributed by atoms with E-state index in [4.69, 9.17) is 43.6 Å². The molecule has 2 aliphatic carbocycles. The number of thioether (sulfide) groups is 1. The number of likely N-dealkylation sites (tertiary alicyclic amines) is 1. The molecule has 6 aliphatic rings. The number of ketones is 3. The molecule has 9 amide bonds. The van der Waals surface area contributed by atoms with Gasteiger partial charge in [0.1, 0.15) is 47.6 Å². The molecular formula is C67H87N9O22S. The molecule has 0 bridgehead atoms. The fraction of sp³-hybridized carbons (Fsp3) is 0.567. The van der Waals surface area contributed by atoms with E-state index in [1.54, 1.807) is 51.3 Å². The van der Waals surface area contributed by atoms with Gasteiger partial charge in [-0.25, -0.2) is 14.4 Å². The summed E-state index contributed by atoms with van der Waals surface area (Å²) in [6, 6.07) is 7.39. The number of primary amides is 1. The lowest BCUT2D eigenvalue weighted by Gasteiger charge is -2.43. The van der Waals surface area contributed by atoms with Crippen molar-refractivity contribution in [2.45, 2.75) is 158 Å². The molecule has 9 N–H and O–H groups in total. The number of benzene rings is 3. The van der Waals surface area contributed by atoms with Crippen molar-refractivity contribution in [1.29, 1.82) is 0 Å². The van der Waals surface area contributed by atoms with Crippen molar-refractivity contribution >= 4 is 82.6 Å². The van der Waals surface area contributed by atoms with Crippen LogP contribution >= 0.6 is 11.8 Å². The smallest absolute Gasteiger partial charge is 0.409 e. The maximum Gasteiger partial charge on any atom is 0.409 e. The van der Waals surface area contributed by atoms with E-state index in [9.17, 15) is 68.1 Å². The largest absolute Gasteiger partial charge is 0.507 e. The van der Waals surface area contributed by atoms with Crippen molar-refractivity contribution in [2.24, 2.45) is 11.7 Å². The molecule has 32 heteroatoms. The van der Waals surface area contributed by atoms with Crippen LogP contribution in [0.2, 0.25) is 0 Å². The van der Waals surface area contributed by atoms with Crippen molar-refractivity contribution in [2.75, 3.05) is 85.8 Å². The number of nitrogens with two attached hydrogens (primary N) is 1. The van der Waals surface area contributed by atoms with Gasteiger partial charge in [0.05, 0.1) is 47.9 Å². The van der Waals surface area contributed by atoms with Crippen molar-refractivity contribution in [3.05, 3.63) is 81.4 Å². The fourth-order valence-electron chi connectivity index (χ4n) is 13.2. The van der Waals surface area contributed by atoms with Crippen LogP contribution in [0, 0.1) is 5.92 Å². The number of carbonyl (C=O) groups excluding carboxylic acids is 11. The van der Waals surface area contributed by atoms with Gasteiger partial charge in [-0.15, -0.1) is 0 Å². The molecule has 9 rings (SSSR count). The number of hydrogen-bond donors (Lipinski definition) is 8. The zero-order chi connectivity index (χ0) is 71.7. The molecule has 0 saturated carbocycles. The van der Waals surface area contributed by atoms with Gasteiger partial charge in [-0.3, -0.25) is 48.2 Å². The van der Waals surface area contributed by atoms with Crippen LogP contribution in [0.1, 0.15) is 133 Å². The number of likely N-dealkylation sites (N-methyl/N-ethyl adjacent to an activating group) is 2.